The van der Waals surface area contributed by atoms with E-state index in [1.807, 2.05) is 0 Å². The largest absolute Gasteiger partial charge is 0.364 e. The van der Waals surface area contributed by atoms with Crippen molar-refractivity contribution in [2.75, 3.05) is 12.4 Å². The van der Waals surface area contributed by atoms with Crippen LogP contribution in [0.15, 0.2) is 40.1 Å². The van der Waals surface area contributed by atoms with Crippen molar-refractivity contribution in [2.45, 2.75) is 12.5 Å². The van der Waals surface area contributed by atoms with Gasteiger partial charge in [-0.15, -0.1) is 0 Å². The van der Waals surface area contributed by atoms with Crippen LogP contribution in [0.2, 0.25) is 0 Å². The van der Waals surface area contributed by atoms with Crippen molar-refractivity contribution in [1.29, 1.82) is 0 Å². The Morgan fingerprint density at radius 2 is 1.88 bits per heavy atom. The molecular formula is C16H18FN3O4. The topological polar surface area (TPSA) is 82.3 Å². The lowest BCUT2D eigenvalue weighted by Crippen LogP contribution is -2.43. The van der Waals surface area contributed by atoms with Gasteiger partial charge in [0.1, 0.15) is 11.5 Å². The summed E-state index contributed by atoms with van der Waals surface area (Å²) in [6, 6.07) is 5.71. The van der Waals surface area contributed by atoms with Crippen molar-refractivity contribution in [3.8, 4) is 0 Å². The minimum atomic E-state index is -1.65. The van der Waals surface area contributed by atoms with Crippen molar-refractivity contribution in [2.24, 2.45) is 14.1 Å². The van der Waals surface area contributed by atoms with Gasteiger partial charge in [-0.25, -0.2) is 9.18 Å². The molecule has 0 aliphatic carbocycles. The zero-order chi connectivity index (χ0) is 18.1. The molecule has 1 amide bonds. The van der Waals surface area contributed by atoms with E-state index < -0.39 is 28.6 Å². The number of hydrogen-bond acceptors (Lipinski definition) is 4. The highest BCUT2D eigenvalue weighted by Crippen LogP contribution is 2.28. The quantitative estimate of drug-likeness (QED) is 0.893. The number of rotatable bonds is 4. The molecule has 0 bridgehead atoms. The summed E-state index contributed by atoms with van der Waals surface area (Å²) in [6.45, 7) is 1.40. The van der Waals surface area contributed by atoms with Gasteiger partial charge in [-0.2, -0.15) is 0 Å². The van der Waals surface area contributed by atoms with Crippen LogP contribution < -0.4 is 16.6 Å². The van der Waals surface area contributed by atoms with Gasteiger partial charge in [0.25, 0.3) is 11.5 Å². The number of nitrogens with zero attached hydrogens (tertiary/aromatic N) is 2. The molecule has 24 heavy (non-hydrogen) atoms. The Kier molecular flexibility index (Phi) is 4.70. The van der Waals surface area contributed by atoms with Crippen molar-refractivity contribution in [3.05, 3.63) is 62.7 Å². The molecule has 1 aromatic carbocycles. The molecule has 1 aromatic heterocycles. The number of methoxy groups -OCH3 is 1. The van der Waals surface area contributed by atoms with Crippen molar-refractivity contribution < 1.29 is 13.9 Å². The van der Waals surface area contributed by atoms with Gasteiger partial charge in [0.05, 0.1) is 0 Å². The van der Waals surface area contributed by atoms with E-state index in [0.717, 1.165) is 9.13 Å². The molecule has 0 saturated carbocycles. The first-order chi connectivity index (χ1) is 11.2. The lowest BCUT2D eigenvalue weighted by atomic mass is 9.94. The highest BCUT2D eigenvalue weighted by Gasteiger charge is 2.38. The number of aromatic nitrogens is 2. The normalized spacial score (nSPS) is 13.4. The van der Waals surface area contributed by atoms with Gasteiger partial charge < -0.3 is 14.6 Å². The van der Waals surface area contributed by atoms with Gasteiger partial charge in [0.2, 0.25) is 0 Å². The van der Waals surface area contributed by atoms with Gasteiger partial charge in [-0.3, -0.25) is 14.2 Å². The average molecular weight is 335 g/mol. The molecule has 1 heterocycles. The van der Waals surface area contributed by atoms with Crippen LogP contribution in [0, 0.1) is 5.82 Å². The fourth-order valence-corrected chi connectivity index (χ4v) is 2.31. The Balaban J connectivity index is 2.47. The number of ether oxygens (including phenoxy) is 1. The fraction of sp³-hybridized carbons (Fsp3) is 0.312. The summed E-state index contributed by atoms with van der Waals surface area (Å²) in [5, 5.41) is 2.41. The summed E-state index contributed by atoms with van der Waals surface area (Å²) in [4.78, 5) is 36.4. The lowest BCUT2D eigenvalue weighted by Gasteiger charge is -2.27. The Morgan fingerprint density at radius 3 is 2.46 bits per heavy atom. The number of amides is 1. The summed E-state index contributed by atoms with van der Waals surface area (Å²) >= 11 is 0. The van der Waals surface area contributed by atoms with E-state index in [-0.39, 0.29) is 11.3 Å². The number of benzene rings is 1. The summed E-state index contributed by atoms with van der Waals surface area (Å²) < 4.78 is 21.3. The van der Waals surface area contributed by atoms with Gasteiger partial charge in [-0.1, -0.05) is 18.2 Å². The number of aryl methyl sites for hydroxylation is 1. The molecule has 2 rings (SSSR count). The van der Waals surface area contributed by atoms with E-state index in [4.69, 9.17) is 4.74 Å². The summed E-state index contributed by atoms with van der Waals surface area (Å²) in [7, 11) is 4.02. The highest BCUT2D eigenvalue weighted by atomic mass is 19.1. The first-order valence-corrected chi connectivity index (χ1v) is 7.10. The Morgan fingerprint density at radius 1 is 1.25 bits per heavy atom. The molecule has 2 aromatic rings. The maximum absolute atomic E-state index is 14.1. The fourth-order valence-electron chi connectivity index (χ4n) is 2.31. The second-order valence-electron chi connectivity index (χ2n) is 5.47. The monoisotopic (exact) mass is 335 g/mol. The van der Waals surface area contributed by atoms with Crippen LogP contribution in [0.3, 0.4) is 0 Å². The molecule has 1 atom stereocenters. The molecule has 0 aliphatic heterocycles. The summed E-state index contributed by atoms with van der Waals surface area (Å²) in [5.41, 5.74) is -2.92. The van der Waals surface area contributed by atoms with Crippen LogP contribution in [0.4, 0.5) is 10.1 Å². The van der Waals surface area contributed by atoms with E-state index in [2.05, 4.69) is 5.32 Å². The number of nitrogens with one attached hydrogen (secondary N) is 1. The molecule has 0 saturated heterocycles. The molecule has 7 nitrogen and oxygen atoms in total. The zero-order valence-corrected chi connectivity index (χ0v) is 13.8. The molecule has 0 radical (unpaired) electrons. The number of halogens is 1. The number of carbonyl (C=O) groups excluding carboxylic acids is 1. The van der Waals surface area contributed by atoms with Crippen LogP contribution in [0.25, 0.3) is 0 Å². The second-order valence-corrected chi connectivity index (χ2v) is 5.47. The molecule has 128 valence electrons. The first-order valence-electron chi connectivity index (χ1n) is 7.10. The van der Waals surface area contributed by atoms with Crippen LogP contribution in [0.5, 0.6) is 0 Å². The van der Waals surface area contributed by atoms with Gasteiger partial charge in [0, 0.05) is 33.0 Å². The first kappa shape index (κ1) is 17.6. The van der Waals surface area contributed by atoms with Crippen LogP contribution in [-0.4, -0.2) is 22.2 Å². The zero-order valence-electron chi connectivity index (χ0n) is 13.8. The lowest BCUT2D eigenvalue weighted by molar-refractivity contribution is -0.137. The van der Waals surface area contributed by atoms with E-state index in [9.17, 15) is 18.8 Å². The van der Waals surface area contributed by atoms with Crippen molar-refractivity contribution >= 4 is 11.6 Å². The van der Waals surface area contributed by atoms with E-state index >= 15 is 0 Å². The minimum absolute atomic E-state index is 0.0339. The maximum Gasteiger partial charge on any atom is 0.330 e. The third-order valence-electron chi connectivity index (χ3n) is 3.92. The highest BCUT2D eigenvalue weighted by molar-refractivity contribution is 5.97. The van der Waals surface area contributed by atoms with Gasteiger partial charge in [0.15, 0.2) is 5.60 Å². The van der Waals surface area contributed by atoms with Crippen LogP contribution >= 0.6 is 0 Å². The number of carbonyl (C=O) groups is 1. The number of anilines is 1. The van der Waals surface area contributed by atoms with Crippen molar-refractivity contribution in [3.63, 3.8) is 0 Å². The van der Waals surface area contributed by atoms with Crippen molar-refractivity contribution in [1.82, 2.24) is 9.13 Å². The third kappa shape index (κ3) is 2.88. The Hall–Kier alpha value is -2.74. The predicted molar refractivity (Wildman–Crippen MR) is 86.3 cm³/mol. The summed E-state index contributed by atoms with van der Waals surface area (Å²) in [5.74, 6) is -1.34. The van der Waals surface area contributed by atoms with Gasteiger partial charge >= 0.3 is 5.69 Å². The summed E-state index contributed by atoms with van der Waals surface area (Å²) in [6.07, 6.45) is 1.21. The molecule has 1 N–H and O–H groups in total. The molecule has 0 spiro atoms. The average Bonchev–Trinajstić information content (AvgIpc) is 2.57. The van der Waals surface area contributed by atoms with E-state index in [1.165, 1.54) is 52.5 Å². The standard InChI is InChI=1S/C16H18FN3O4/c1-16(24-4,10-7-5-6-8-11(10)17)14(22)18-12-9-19(2)15(23)20(3)13(12)21/h5-9H,1-4H3,(H,18,22)/t16-/m1/s1. The number of hydrogen-bond donors (Lipinski definition) is 1. The smallest absolute Gasteiger partial charge is 0.330 e. The molecule has 8 heteroatoms. The van der Waals surface area contributed by atoms with Gasteiger partial charge in [-0.05, 0) is 13.0 Å². The molecule has 0 unspecified atom stereocenters. The minimum Gasteiger partial charge on any atom is -0.364 e. The SMILES string of the molecule is CO[C@@](C)(C(=O)Nc1cn(C)c(=O)n(C)c1=O)c1ccccc1F. The van der Waals surface area contributed by atoms with E-state index in [0.29, 0.717) is 0 Å². The van der Waals surface area contributed by atoms with Crippen LogP contribution in [0.1, 0.15) is 12.5 Å². The Labute approximate surface area is 137 Å². The second kappa shape index (κ2) is 6.40. The third-order valence-corrected chi connectivity index (χ3v) is 3.92. The Bertz CT molecular complexity index is 903. The van der Waals surface area contributed by atoms with Crippen LogP contribution in [-0.2, 0) is 29.2 Å². The molecular weight excluding hydrogens is 317 g/mol. The maximum atomic E-state index is 14.1. The molecule has 0 fully saturated rings. The predicted octanol–water partition coefficient (Wildman–Crippen LogP) is 0.723. The van der Waals surface area contributed by atoms with E-state index in [1.54, 1.807) is 6.07 Å². The molecule has 0 aliphatic rings.